The zero-order valence-electron chi connectivity index (χ0n) is 11.2. The van der Waals surface area contributed by atoms with Gasteiger partial charge in [0.1, 0.15) is 11.0 Å². The number of carbonyl (C=O) groups excluding carboxylic acids is 1. The molecule has 0 unspecified atom stereocenters. The van der Waals surface area contributed by atoms with Crippen molar-refractivity contribution in [1.82, 2.24) is 0 Å². The van der Waals surface area contributed by atoms with E-state index in [1.54, 1.807) is 31.2 Å². The highest BCUT2D eigenvalue weighted by Crippen LogP contribution is 2.36. The highest BCUT2D eigenvalue weighted by molar-refractivity contribution is 8.00. The monoisotopic (exact) mass is 288 g/mol. The van der Waals surface area contributed by atoms with Crippen molar-refractivity contribution in [3.63, 3.8) is 0 Å². The number of hydrogen-bond acceptors (Lipinski definition) is 4. The molecule has 0 aliphatic carbocycles. The SMILES string of the molecule is CCOC(=O)[C@@H](Sc1ccc(O)cc1)c1ccccc1. The lowest BCUT2D eigenvalue weighted by Crippen LogP contribution is -2.13. The molecule has 1 atom stereocenters. The predicted molar refractivity (Wildman–Crippen MR) is 79.8 cm³/mol. The van der Waals surface area contributed by atoms with Crippen molar-refractivity contribution in [3.8, 4) is 5.75 Å². The zero-order valence-corrected chi connectivity index (χ0v) is 12.0. The lowest BCUT2D eigenvalue weighted by molar-refractivity contribution is -0.142. The fraction of sp³-hybridized carbons (Fsp3) is 0.188. The van der Waals surface area contributed by atoms with Crippen LogP contribution in [0.15, 0.2) is 59.5 Å². The van der Waals surface area contributed by atoms with E-state index in [0.29, 0.717) is 6.61 Å². The predicted octanol–water partition coefficient (Wildman–Crippen LogP) is 3.79. The van der Waals surface area contributed by atoms with E-state index in [0.717, 1.165) is 10.5 Å². The number of hydrogen-bond donors (Lipinski definition) is 1. The van der Waals surface area contributed by atoms with Gasteiger partial charge < -0.3 is 9.84 Å². The third-order valence-corrected chi connectivity index (χ3v) is 3.94. The first-order chi connectivity index (χ1) is 9.70. The van der Waals surface area contributed by atoms with Gasteiger partial charge in [-0.3, -0.25) is 4.79 Å². The van der Waals surface area contributed by atoms with E-state index in [1.807, 2.05) is 30.3 Å². The van der Waals surface area contributed by atoms with Crippen LogP contribution >= 0.6 is 11.8 Å². The van der Waals surface area contributed by atoms with Crippen LogP contribution in [0.4, 0.5) is 0 Å². The number of thioether (sulfide) groups is 1. The summed E-state index contributed by atoms with van der Waals surface area (Å²) in [7, 11) is 0. The van der Waals surface area contributed by atoms with Crippen molar-refractivity contribution in [1.29, 1.82) is 0 Å². The van der Waals surface area contributed by atoms with Gasteiger partial charge in [-0.05, 0) is 36.8 Å². The quantitative estimate of drug-likeness (QED) is 0.671. The number of rotatable bonds is 5. The summed E-state index contributed by atoms with van der Waals surface area (Å²) in [6, 6.07) is 16.3. The molecule has 3 nitrogen and oxygen atoms in total. The van der Waals surface area contributed by atoms with Crippen LogP contribution < -0.4 is 0 Å². The van der Waals surface area contributed by atoms with Gasteiger partial charge in [0.15, 0.2) is 0 Å². The summed E-state index contributed by atoms with van der Waals surface area (Å²) in [5.41, 5.74) is 0.907. The summed E-state index contributed by atoms with van der Waals surface area (Å²) in [4.78, 5) is 13.0. The van der Waals surface area contributed by atoms with Gasteiger partial charge in [0.25, 0.3) is 0 Å². The van der Waals surface area contributed by atoms with Crippen molar-refractivity contribution < 1.29 is 14.6 Å². The minimum Gasteiger partial charge on any atom is -0.508 e. The van der Waals surface area contributed by atoms with Crippen molar-refractivity contribution in [2.75, 3.05) is 6.61 Å². The molecule has 104 valence electrons. The average molecular weight is 288 g/mol. The molecule has 4 heteroatoms. The Bertz CT molecular complexity index is 552. The Hall–Kier alpha value is -1.94. The Kier molecular flexibility index (Phi) is 5.07. The van der Waals surface area contributed by atoms with Crippen LogP contribution in [-0.2, 0) is 9.53 Å². The molecular weight excluding hydrogens is 272 g/mol. The lowest BCUT2D eigenvalue weighted by Gasteiger charge is -2.15. The second-order valence-corrected chi connectivity index (χ2v) is 5.33. The van der Waals surface area contributed by atoms with Gasteiger partial charge in [-0.15, -0.1) is 11.8 Å². The van der Waals surface area contributed by atoms with Crippen LogP contribution in [-0.4, -0.2) is 17.7 Å². The molecule has 0 saturated carbocycles. The lowest BCUT2D eigenvalue weighted by atomic mass is 10.1. The number of benzene rings is 2. The molecule has 0 spiro atoms. The minimum atomic E-state index is -0.402. The van der Waals surface area contributed by atoms with Gasteiger partial charge in [0.2, 0.25) is 0 Å². The number of aromatic hydroxyl groups is 1. The standard InChI is InChI=1S/C16H16O3S/c1-2-19-16(18)15(12-6-4-3-5-7-12)20-14-10-8-13(17)9-11-14/h3-11,15,17H,2H2,1H3/t15-/m0/s1. The van der Waals surface area contributed by atoms with Crippen LogP contribution in [0, 0.1) is 0 Å². The van der Waals surface area contributed by atoms with Crippen molar-refractivity contribution in [3.05, 3.63) is 60.2 Å². The molecule has 2 rings (SSSR count). The van der Waals surface area contributed by atoms with E-state index >= 15 is 0 Å². The first kappa shape index (κ1) is 14.5. The van der Waals surface area contributed by atoms with Gasteiger partial charge in [-0.2, -0.15) is 0 Å². The molecule has 0 aromatic heterocycles. The molecule has 0 radical (unpaired) electrons. The number of phenols is 1. The fourth-order valence-electron chi connectivity index (χ4n) is 1.76. The maximum Gasteiger partial charge on any atom is 0.323 e. The maximum atomic E-state index is 12.1. The molecule has 0 fully saturated rings. The van der Waals surface area contributed by atoms with E-state index in [4.69, 9.17) is 4.74 Å². The van der Waals surface area contributed by atoms with Crippen molar-refractivity contribution >= 4 is 17.7 Å². The summed E-state index contributed by atoms with van der Waals surface area (Å²) in [5, 5.41) is 8.90. The molecule has 2 aromatic rings. The zero-order chi connectivity index (χ0) is 14.4. The Balaban J connectivity index is 2.23. The minimum absolute atomic E-state index is 0.210. The molecule has 2 aromatic carbocycles. The fourth-order valence-corrected chi connectivity index (χ4v) is 2.78. The van der Waals surface area contributed by atoms with Gasteiger partial charge in [-0.1, -0.05) is 30.3 Å². The summed E-state index contributed by atoms with van der Waals surface area (Å²) in [5.74, 6) is -0.0430. The van der Waals surface area contributed by atoms with Crippen molar-refractivity contribution in [2.45, 2.75) is 17.1 Å². The third-order valence-electron chi connectivity index (χ3n) is 2.69. The average Bonchev–Trinajstić information content (AvgIpc) is 2.48. The summed E-state index contributed by atoms with van der Waals surface area (Å²) >= 11 is 1.41. The molecule has 0 aliphatic rings. The second kappa shape index (κ2) is 7.01. The van der Waals surface area contributed by atoms with E-state index in [-0.39, 0.29) is 11.7 Å². The smallest absolute Gasteiger partial charge is 0.323 e. The summed E-state index contributed by atoms with van der Waals surface area (Å²) in [6.07, 6.45) is 0. The molecule has 0 saturated heterocycles. The number of carbonyl (C=O) groups is 1. The normalized spacial score (nSPS) is 11.8. The largest absolute Gasteiger partial charge is 0.508 e. The van der Waals surface area contributed by atoms with Crippen LogP contribution in [0.3, 0.4) is 0 Å². The van der Waals surface area contributed by atoms with Crippen LogP contribution in [0.5, 0.6) is 5.75 Å². The Labute approximate surface area is 122 Å². The van der Waals surface area contributed by atoms with Crippen LogP contribution in [0.25, 0.3) is 0 Å². The maximum absolute atomic E-state index is 12.1. The van der Waals surface area contributed by atoms with Gasteiger partial charge >= 0.3 is 5.97 Å². The molecule has 0 amide bonds. The van der Waals surface area contributed by atoms with E-state index in [9.17, 15) is 9.90 Å². The molecule has 1 N–H and O–H groups in total. The third kappa shape index (κ3) is 3.78. The highest BCUT2D eigenvalue weighted by atomic mass is 32.2. The Morgan fingerprint density at radius 1 is 1.15 bits per heavy atom. The van der Waals surface area contributed by atoms with Gasteiger partial charge in [-0.25, -0.2) is 0 Å². The number of ether oxygens (including phenoxy) is 1. The molecule has 0 aliphatic heterocycles. The van der Waals surface area contributed by atoms with Crippen LogP contribution in [0.1, 0.15) is 17.7 Å². The highest BCUT2D eigenvalue weighted by Gasteiger charge is 2.23. The molecule has 20 heavy (non-hydrogen) atoms. The van der Waals surface area contributed by atoms with Gasteiger partial charge in [0.05, 0.1) is 6.61 Å². The van der Waals surface area contributed by atoms with E-state index in [2.05, 4.69) is 0 Å². The topological polar surface area (TPSA) is 46.5 Å². The number of phenolic OH excluding ortho intramolecular Hbond substituents is 1. The van der Waals surface area contributed by atoms with E-state index in [1.165, 1.54) is 11.8 Å². The Morgan fingerprint density at radius 2 is 1.80 bits per heavy atom. The molecular formula is C16H16O3S. The van der Waals surface area contributed by atoms with Gasteiger partial charge in [0, 0.05) is 4.90 Å². The Morgan fingerprint density at radius 3 is 2.40 bits per heavy atom. The summed E-state index contributed by atoms with van der Waals surface area (Å²) in [6.45, 7) is 2.16. The number of esters is 1. The molecule has 0 heterocycles. The molecule has 0 bridgehead atoms. The first-order valence-corrected chi connectivity index (χ1v) is 7.26. The van der Waals surface area contributed by atoms with Crippen molar-refractivity contribution in [2.24, 2.45) is 0 Å². The van der Waals surface area contributed by atoms with E-state index < -0.39 is 5.25 Å². The van der Waals surface area contributed by atoms with Crippen LogP contribution in [0.2, 0.25) is 0 Å². The summed E-state index contributed by atoms with van der Waals surface area (Å²) < 4.78 is 5.15. The second-order valence-electron chi connectivity index (χ2n) is 4.15. The first-order valence-electron chi connectivity index (χ1n) is 6.38.